The highest BCUT2D eigenvalue weighted by Gasteiger charge is 2.49. The van der Waals surface area contributed by atoms with Crippen LogP contribution >= 0.6 is 35.0 Å². The van der Waals surface area contributed by atoms with Crippen molar-refractivity contribution in [3.63, 3.8) is 0 Å². The Bertz CT molecular complexity index is 626. The number of aliphatic carboxylic acids is 1. The second-order valence-corrected chi connectivity index (χ2v) is 8.24. The fourth-order valence-electron chi connectivity index (χ4n) is 3.08. The average molecular weight is 374 g/mol. The number of carbonyl (C=O) groups is 2. The van der Waals surface area contributed by atoms with Crippen LogP contribution in [0.4, 0.5) is 0 Å². The van der Waals surface area contributed by atoms with Crippen molar-refractivity contribution in [2.45, 2.75) is 30.7 Å². The molecule has 1 heterocycles. The van der Waals surface area contributed by atoms with Gasteiger partial charge in [0, 0.05) is 16.0 Å². The first-order chi connectivity index (χ1) is 10.9. The number of rotatable bonds is 4. The van der Waals surface area contributed by atoms with E-state index >= 15 is 0 Å². The first-order valence-corrected chi connectivity index (χ1v) is 9.41. The topological polar surface area (TPSA) is 66.4 Å². The molecular weight excluding hydrogens is 357 g/mol. The summed E-state index contributed by atoms with van der Waals surface area (Å²) in [6.07, 6.45) is 1.64. The zero-order valence-electron chi connectivity index (χ0n) is 12.4. The number of nitrogens with one attached hydrogen (secondary N) is 1. The highest BCUT2D eigenvalue weighted by Crippen LogP contribution is 2.49. The van der Waals surface area contributed by atoms with E-state index in [4.69, 9.17) is 23.2 Å². The maximum Gasteiger partial charge on any atom is 0.329 e. The molecule has 3 rings (SSSR count). The Labute approximate surface area is 148 Å². The van der Waals surface area contributed by atoms with Crippen LogP contribution in [0.2, 0.25) is 10.0 Å². The van der Waals surface area contributed by atoms with Crippen LogP contribution < -0.4 is 5.32 Å². The molecule has 23 heavy (non-hydrogen) atoms. The summed E-state index contributed by atoms with van der Waals surface area (Å²) in [5.74, 6) is 0.259. The summed E-state index contributed by atoms with van der Waals surface area (Å²) in [5, 5.41) is 13.4. The minimum absolute atomic E-state index is 0.0648. The Balaban J connectivity index is 1.69. The van der Waals surface area contributed by atoms with Gasteiger partial charge in [0.15, 0.2) is 0 Å². The van der Waals surface area contributed by atoms with Crippen molar-refractivity contribution in [1.29, 1.82) is 0 Å². The third kappa shape index (κ3) is 3.62. The Kier molecular flexibility index (Phi) is 4.81. The van der Waals surface area contributed by atoms with E-state index in [0.717, 1.165) is 17.1 Å². The number of carboxylic acids is 1. The SMILES string of the molecule is O=C(NC1(C(=O)O)CCSCC1)C1CC1c1cc(Cl)cc(Cl)c1. The fourth-order valence-corrected chi connectivity index (χ4v) is 4.82. The maximum absolute atomic E-state index is 12.5. The molecule has 7 heteroatoms. The monoisotopic (exact) mass is 373 g/mol. The molecule has 124 valence electrons. The first kappa shape index (κ1) is 16.9. The molecule has 1 saturated heterocycles. The van der Waals surface area contributed by atoms with Crippen LogP contribution in [0.25, 0.3) is 0 Å². The van der Waals surface area contributed by atoms with E-state index in [0.29, 0.717) is 29.3 Å². The summed E-state index contributed by atoms with van der Waals surface area (Å²) in [4.78, 5) is 24.1. The van der Waals surface area contributed by atoms with Crippen LogP contribution in [-0.4, -0.2) is 34.0 Å². The van der Waals surface area contributed by atoms with Gasteiger partial charge in [0.05, 0.1) is 0 Å². The van der Waals surface area contributed by atoms with E-state index in [9.17, 15) is 14.7 Å². The molecule has 0 aromatic heterocycles. The lowest BCUT2D eigenvalue weighted by Gasteiger charge is -2.33. The van der Waals surface area contributed by atoms with E-state index < -0.39 is 11.5 Å². The zero-order chi connectivity index (χ0) is 16.6. The molecule has 0 spiro atoms. The average Bonchev–Trinajstić information content (AvgIpc) is 3.27. The minimum Gasteiger partial charge on any atom is -0.480 e. The Hall–Kier alpha value is -0.910. The number of hydrogen-bond donors (Lipinski definition) is 2. The van der Waals surface area contributed by atoms with Crippen molar-refractivity contribution in [2.24, 2.45) is 5.92 Å². The standard InChI is InChI=1S/C16H17Cl2NO3S/c17-10-5-9(6-11(18)7-10)12-8-13(12)14(20)19-16(15(21)22)1-3-23-4-2-16/h5-7,12-13H,1-4,8H2,(H,19,20)(H,21,22). The molecule has 2 atom stereocenters. The molecule has 2 aliphatic rings. The van der Waals surface area contributed by atoms with Crippen LogP contribution in [0.3, 0.4) is 0 Å². The summed E-state index contributed by atoms with van der Waals surface area (Å²) in [7, 11) is 0. The lowest BCUT2D eigenvalue weighted by molar-refractivity contribution is -0.148. The van der Waals surface area contributed by atoms with Gasteiger partial charge in [-0.05, 0) is 60.4 Å². The zero-order valence-corrected chi connectivity index (χ0v) is 14.7. The van der Waals surface area contributed by atoms with Crippen LogP contribution in [0, 0.1) is 5.92 Å². The highest BCUT2D eigenvalue weighted by atomic mass is 35.5. The largest absolute Gasteiger partial charge is 0.480 e. The molecule has 2 N–H and O–H groups in total. The van der Waals surface area contributed by atoms with E-state index in [-0.39, 0.29) is 17.7 Å². The van der Waals surface area contributed by atoms with Crippen molar-refractivity contribution in [2.75, 3.05) is 11.5 Å². The van der Waals surface area contributed by atoms with E-state index in [1.165, 1.54) is 0 Å². The number of hydrogen-bond acceptors (Lipinski definition) is 3. The molecular formula is C16H17Cl2NO3S. The molecule has 0 bridgehead atoms. The van der Waals surface area contributed by atoms with Crippen LogP contribution in [0.15, 0.2) is 18.2 Å². The third-order valence-corrected chi connectivity index (χ3v) is 5.98. The van der Waals surface area contributed by atoms with Gasteiger partial charge in [-0.3, -0.25) is 4.79 Å². The smallest absolute Gasteiger partial charge is 0.329 e. The van der Waals surface area contributed by atoms with Gasteiger partial charge in [-0.1, -0.05) is 23.2 Å². The molecule has 1 amide bonds. The Morgan fingerprint density at radius 3 is 2.35 bits per heavy atom. The first-order valence-electron chi connectivity index (χ1n) is 7.50. The van der Waals surface area contributed by atoms with Crippen molar-refractivity contribution in [3.8, 4) is 0 Å². The number of carbonyl (C=O) groups excluding carboxylic acids is 1. The fraction of sp³-hybridized carbons (Fsp3) is 0.500. The van der Waals surface area contributed by atoms with Gasteiger partial charge in [-0.2, -0.15) is 11.8 Å². The lowest BCUT2D eigenvalue weighted by Crippen LogP contribution is -2.57. The molecule has 1 aromatic rings. The summed E-state index contributed by atoms with van der Waals surface area (Å²) in [6.45, 7) is 0. The number of amides is 1. The maximum atomic E-state index is 12.5. The predicted octanol–water partition coefficient (Wildman–Crippen LogP) is 3.56. The molecule has 1 saturated carbocycles. The van der Waals surface area contributed by atoms with E-state index in [2.05, 4.69) is 5.32 Å². The van der Waals surface area contributed by atoms with Gasteiger partial charge in [0.25, 0.3) is 0 Å². The predicted molar refractivity (Wildman–Crippen MR) is 92.4 cm³/mol. The van der Waals surface area contributed by atoms with Crippen molar-refractivity contribution < 1.29 is 14.7 Å². The summed E-state index contributed by atoms with van der Waals surface area (Å²) in [6, 6.07) is 5.29. The minimum atomic E-state index is -1.11. The Morgan fingerprint density at radius 1 is 1.17 bits per heavy atom. The van der Waals surface area contributed by atoms with Crippen molar-refractivity contribution in [1.82, 2.24) is 5.32 Å². The molecule has 1 aliphatic carbocycles. The van der Waals surface area contributed by atoms with Crippen molar-refractivity contribution >= 4 is 46.8 Å². The van der Waals surface area contributed by atoms with E-state index in [1.54, 1.807) is 17.8 Å². The summed E-state index contributed by atoms with van der Waals surface area (Å²) < 4.78 is 0. The van der Waals surface area contributed by atoms with Crippen molar-refractivity contribution in [3.05, 3.63) is 33.8 Å². The second-order valence-electron chi connectivity index (χ2n) is 6.14. The second kappa shape index (κ2) is 6.54. The lowest BCUT2D eigenvalue weighted by atomic mass is 9.92. The summed E-state index contributed by atoms with van der Waals surface area (Å²) in [5.41, 5.74) is -0.173. The van der Waals surface area contributed by atoms with Gasteiger partial charge in [-0.25, -0.2) is 4.79 Å². The number of carboxylic acid groups (broad SMARTS) is 1. The number of benzene rings is 1. The van der Waals surface area contributed by atoms with Gasteiger partial charge in [0.2, 0.25) is 5.91 Å². The third-order valence-electron chi connectivity index (χ3n) is 4.56. The van der Waals surface area contributed by atoms with Gasteiger partial charge in [0.1, 0.15) is 5.54 Å². The van der Waals surface area contributed by atoms with Gasteiger partial charge >= 0.3 is 5.97 Å². The molecule has 1 aromatic carbocycles. The van der Waals surface area contributed by atoms with Crippen LogP contribution in [-0.2, 0) is 9.59 Å². The normalized spacial score (nSPS) is 25.7. The number of halogens is 2. The quantitative estimate of drug-likeness (QED) is 0.846. The van der Waals surface area contributed by atoms with Gasteiger partial charge < -0.3 is 10.4 Å². The molecule has 2 unspecified atom stereocenters. The summed E-state index contributed by atoms with van der Waals surface area (Å²) >= 11 is 13.7. The molecule has 0 radical (unpaired) electrons. The highest BCUT2D eigenvalue weighted by molar-refractivity contribution is 7.99. The van der Waals surface area contributed by atoms with Crippen LogP contribution in [0.5, 0.6) is 0 Å². The number of thioether (sulfide) groups is 1. The van der Waals surface area contributed by atoms with Crippen LogP contribution in [0.1, 0.15) is 30.7 Å². The molecule has 1 aliphatic heterocycles. The van der Waals surface area contributed by atoms with E-state index in [1.807, 2.05) is 12.1 Å². The Morgan fingerprint density at radius 2 is 1.78 bits per heavy atom. The van der Waals surface area contributed by atoms with Gasteiger partial charge in [-0.15, -0.1) is 0 Å². The molecule has 2 fully saturated rings. The molecule has 4 nitrogen and oxygen atoms in total.